The second kappa shape index (κ2) is 4.33. The first kappa shape index (κ1) is 10.9. The van der Waals surface area contributed by atoms with E-state index in [0.29, 0.717) is 0 Å². The Morgan fingerprint density at radius 2 is 1.93 bits per heavy atom. The number of benzene rings is 1. The van der Waals surface area contributed by atoms with Gasteiger partial charge in [0.15, 0.2) is 0 Å². The molecule has 3 nitrogen and oxygen atoms in total. The highest BCUT2D eigenvalue weighted by atomic mass is 16.5. The van der Waals surface area contributed by atoms with Crippen LogP contribution in [0.25, 0.3) is 0 Å². The van der Waals surface area contributed by atoms with Gasteiger partial charge in [0.1, 0.15) is 12.5 Å². The number of hydrogen-bond donors (Lipinski definition) is 1. The van der Waals surface area contributed by atoms with Gasteiger partial charge in [-0.25, -0.2) is 0 Å². The molecule has 0 saturated heterocycles. The SMILES string of the molecule is COc1ccc(N(C)CO)c(C)c1C. The maximum Gasteiger partial charge on any atom is 0.122 e. The smallest absolute Gasteiger partial charge is 0.122 e. The first-order valence-corrected chi connectivity index (χ1v) is 4.58. The van der Waals surface area contributed by atoms with Crippen LogP contribution in [0.15, 0.2) is 12.1 Å². The summed E-state index contributed by atoms with van der Waals surface area (Å²) in [6, 6.07) is 3.88. The molecule has 14 heavy (non-hydrogen) atoms. The van der Waals surface area contributed by atoms with E-state index >= 15 is 0 Å². The molecule has 0 radical (unpaired) electrons. The predicted octanol–water partition coefficient (Wildman–Crippen LogP) is 1.70. The van der Waals surface area contributed by atoms with E-state index in [2.05, 4.69) is 0 Å². The van der Waals surface area contributed by atoms with Gasteiger partial charge < -0.3 is 14.7 Å². The van der Waals surface area contributed by atoms with Crippen LogP contribution in [-0.4, -0.2) is 26.0 Å². The maximum absolute atomic E-state index is 9.02. The minimum atomic E-state index is 0.0204. The Hall–Kier alpha value is -1.22. The molecule has 0 atom stereocenters. The van der Waals surface area contributed by atoms with E-state index in [1.54, 1.807) is 12.0 Å². The van der Waals surface area contributed by atoms with Crippen LogP contribution in [0, 0.1) is 13.8 Å². The molecule has 0 aliphatic heterocycles. The van der Waals surface area contributed by atoms with Gasteiger partial charge in [0.2, 0.25) is 0 Å². The first-order chi connectivity index (χ1) is 6.61. The fourth-order valence-electron chi connectivity index (χ4n) is 1.49. The molecule has 78 valence electrons. The zero-order valence-corrected chi connectivity index (χ0v) is 9.16. The summed E-state index contributed by atoms with van der Waals surface area (Å²) in [5, 5.41) is 9.02. The zero-order valence-electron chi connectivity index (χ0n) is 9.16. The number of aliphatic hydroxyl groups is 1. The zero-order chi connectivity index (χ0) is 10.7. The van der Waals surface area contributed by atoms with Gasteiger partial charge in [0.25, 0.3) is 0 Å². The molecule has 1 aromatic rings. The Morgan fingerprint density at radius 1 is 1.29 bits per heavy atom. The fraction of sp³-hybridized carbons (Fsp3) is 0.455. The van der Waals surface area contributed by atoms with Gasteiger partial charge in [0, 0.05) is 12.7 Å². The van der Waals surface area contributed by atoms with Crippen molar-refractivity contribution in [2.75, 3.05) is 25.8 Å². The summed E-state index contributed by atoms with van der Waals surface area (Å²) >= 11 is 0. The van der Waals surface area contributed by atoms with Crippen molar-refractivity contribution in [1.82, 2.24) is 0 Å². The molecule has 0 unspecified atom stereocenters. The van der Waals surface area contributed by atoms with Crippen molar-refractivity contribution in [3.8, 4) is 5.75 Å². The van der Waals surface area contributed by atoms with Gasteiger partial charge >= 0.3 is 0 Å². The van der Waals surface area contributed by atoms with E-state index < -0.39 is 0 Å². The summed E-state index contributed by atoms with van der Waals surface area (Å²) in [6.07, 6.45) is 0. The highest BCUT2D eigenvalue weighted by Gasteiger charge is 2.08. The molecule has 1 aromatic carbocycles. The molecule has 0 spiro atoms. The average molecular weight is 195 g/mol. The lowest BCUT2D eigenvalue weighted by molar-refractivity contribution is 0.298. The van der Waals surface area contributed by atoms with Gasteiger partial charge in [-0.1, -0.05) is 0 Å². The Labute approximate surface area is 84.9 Å². The van der Waals surface area contributed by atoms with Crippen LogP contribution in [0.5, 0.6) is 5.75 Å². The van der Waals surface area contributed by atoms with E-state index in [0.717, 1.165) is 22.6 Å². The van der Waals surface area contributed by atoms with Gasteiger partial charge in [-0.05, 0) is 37.1 Å². The van der Waals surface area contributed by atoms with Crippen molar-refractivity contribution in [1.29, 1.82) is 0 Å². The highest BCUT2D eigenvalue weighted by molar-refractivity contribution is 5.59. The quantitative estimate of drug-likeness (QED) is 0.745. The molecule has 0 heterocycles. The van der Waals surface area contributed by atoms with Gasteiger partial charge in [-0.15, -0.1) is 0 Å². The summed E-state index contributed by atoms with van der Waals surface area (Å²) in [4.78, 5) is 1.79. The van der Waals surface area contributed by atoms with E-state index in [1.807, 2.05) is 33.0 Å². The van der Waals surface area contributed by atoms with Crippen molar-refractivity contribution >= 4 is 5.69 Å². The van der Waals surface area contributed by atoms with E-state index in [1.165, 1.54) is 0 Å². The van der Waals surface area contributed by atoms with Crippen molar-refractivity contribution in [2.45, 2.75) is 13.8 Å². The number of ether oxygens (including phenoxy) is 1. The molecule has 1 rings (SSSR count). The van der Waals surface area contributed by atoms with Crippen LogP contribution in [-0.2, 0) is 0 Å². The molecule has 1 N–H and O–H groups in total. The second-order valence-corrected chi connectivity index (χ2v) is 3.38. The van der Waals surface area contributed by atoms with Crippen molar-refractivity contribution in [3.63, 3.8) is 0 Å². The number of hydrogen-bond acceptors (Lipinski definition) is 3. The summed E-state index contributed by atoms with van der Waals surface area (Å²) in [6.45, 7) is 4.06. The molecule has 0 aliphatic rings. The monoisotopic (exact) mass is 195 g/mol. The van der Waals surface area contributed by atoms with Crippen LogP contribution in [0.3, 0.4) is 0 Å². The molecule has 0 amide bonds. The maximum atomic E-state index is 9.02. The topological polar surface area (TPSA) is 32.7 Å². The molecule has 0 aliphatic carbocycles. The lowest BCUT2D eigenvalue weighted by atomic mass is 10.1. The third-order valence-corrected chi connectivity index (χ3v) is 2.55. The Balaban J connectivity index is 3.17. The molecule has 0 fully saturated rings. The lowest BCUT2D eigenvalue weighted by Crippen LogP contribution is -2.19. The summed E-state index contributed by atoms with van der Waals surface area (Å²) in [7, 11) is 3.52. The number of rotatable bonds is 3. The number of anilines is 1. The summed E-state index contributed by atoms with van der Waals surface area (Å²) < 4.78 is 5.21. The minimum Gasteiger partial charge on any atom is -0.496 e. The minimum absolute atomic E-state index is 0.0204. The third-order valence-electron chi connectivity index (χ3n) is 2.55. The van der Waals surface area contributed by atoms with Gasteiger partial charge in [-0.3, -0.25) is 0 Å². The molecule has 0 aromatic heterocycles. The van der Waals surface area contributed by atoms with E-state index in [4.69, 9.17) is 9.84 Å². The fourth-order valence-corrected chi connectivity index (χ4v) is 1.49. The molecule has 0 saturated carbocycles. The van der Waals surface area contributed by atoms with E-state index in [-0.39, 0.29) is 6.73 Å². The summed E-state index contributed by atoms with van der Waals surface area (Å²) in [5.74, 6) is 0.887. The largest absolute Gasteiger partial charge is 0.496 e. The highest BCUT2D eigenvalue weighted by Crippen LogP contribution is 2.28. The van der Waals surface area contributed by atoms with Crippen LogP contribution >= 0.6 is 0 Å². The summed E-state index contributed by atoms with van der Waals surface area (Å²) in [5.41, 5.74) is 3.29. The Bertz CT molecular complexity index is 323. The third kappa shape index (κ3) is 1.82. The molecule has 3 heteroatoms. The molecular weight excluding hydrogens is 178 g/mol. The van der Waals surface area contributed by atoms with Crippen LogP contribution < -0.4 is 9.64 Å². The van der Waals surface area contributed by atoms with Crippen LogP contribution in [0.4, 0.5) is 5.69 Å². The number of nitrogens with zero attached hydrogens (tertiary/aromatic N) is 1. The predicted molar refractivity (Wildman–Crippen MR) is 58.0 cm³/mol. The van der Waals surface area contributed by atoms with Gasteiger partial charge in [0.05, 0.1) is 7.11 Å². The normalized spacial score (nSPS) is 10.1. The Kier molecular flexibility index (Phi) is 3.36. The van der Waals surface area contributed by atoms with Crippen LogP contribution in [0.1, 0.15) is 11.1 Å². The Morgan fingerprint density at radius 3 is 2.43 bits per heavy atom. The lowest BCUT2D eigenvalue weighted by Gasteiger charge is -2.20. The molecular formula is C11H17NO2. The molecule has 0 bridgehead atoms. The number of methoxy groups -OCH3 is 1. The first-order valence-electron chi connectivity index (χ1n) is 4.58. The average Bonchev–Trinajstić information content (AvgIpc) is 2.21. The van der Waals surface area contributed by atoms with Crippen LogP contribution in [0.2, 0.25) is 0 Å². The second-order valence-electron chi connectivity index (χ2n) is 3.38. The van der Waals surface area contributed by atoms with Crippen molar-refractivity contribution in [2.24, 2.45) is 0 Å². The van der Waals surface area contributed by atoms with E-state index in [9.17, 15) is 0 Å². The van der Waals surface area contributed by atoms with Gasteiger partial charge in [-0.2, -0.15) is 0 Å². The van der Waals surface area contributed by atoms with Crippen molar-refractivity contribution < 1.29 is 9.84 Å². The number of aliphatic hydroxyl groups excluding tert-OH is 1. The van der Waals surface area contributed by atoms with Crippen molar-refractivity contribution in [3.05, 3.63) is 23.3 Å². The standard InChI is InChI=1S/C11H17NO2/c1-8-9(2)11(14-4)6-5-10(8)12(3)7-13/h5-6,13H,7H2,1-4H3.